The minimum Gasteiger partial charge on any atom is -0.378 e. The zero-order valence-corrected chi connectivity index (χ0v) is 6.80. The molecule has 0 aromatic carbocycles. The van der Waals surface area contributed by atoms with Crippen molar-refractivity contribution in [3.8, 4) is 0 Å². The maximum Gasteiger partial charge on any atom is 0.122 e. The summed E-state index contributed by atoms with van der Waals surface area (Å²) >= 11 is 0. The van der Waals surface area contributed by atoms with Crippen LogP contribution in [0.2, 0.25) is 0 Å². The summed E-state index contributed by atoms with van der Waals surface area (Å²) < 4.78 is 5.35. The Bertz CT molecular complexity index is 81.3. The highest BCUT2D eigenvalue weighted by molar-refractivity contribution is 5.50. The predicted molar refractivity (Wildman–Crippen MR) is 41.0 cm³/mol. The fourth-order valence-corrected chi connectivity index (χ4v) is 0.744. The average molecular weight is 144 g/mol. The first-order valence-electron chi connectivity index (χ1n) is 3.90. The van der Waals surface area contributed by atoms with Gasteiger partial charge in [0.15, 0.2) is 0 Å². The summed E-state index contributed by atoms with van der Waals surface area (Å²) in [6, 6.07) is 0. The molecule has 2 heteroatoms. The van der Waals surface area contributed by atoms with E-state index in [1.807, 2.05) is 6.92 Å². The topological polar surface area (TPSA) is 26.3 Å². The molecule has 0 rings (SSSR count). The molecule has 0 saturated carbocycles. The van der Waals surface area contributed by atoms with Crippen molar-refractivity contribution in [2.24, 2.45) is 0 Å². The van der Waals surface area contributed by atoms with Crippen molar-refractivity contribution in [1.82, 2.24) is 0 Å². The number of hydrogen-bond acceptors (Lipinski definition) is 2. The standard InChI is InChI=1S/C8H16O2/c1-3-7-10-8(4-2)5-6-9/h6,8H,3-5,7H2,1-2H3. The van der Waals surface area contributed by atoms with Crippen LogP contribution in [-0.2, 0) is 9.53 Å². The molecule has 10 heavy (non-hydrogen) atoms. The molecule has 0 aliphatic carbocycles. The maximum absolute atomic E-state index is 10.1. The largest absolute Gasteiger partial charge is 0.378 e. The molecule has 0 aromatic rings. The van der Waals surface area contributed by atoms with Gasteiger partial charge in [0.1, 0.15) is 6.29 Å². The second-order valence-electron chi connectivity index (χ2n) is 2.30. The van der Waals surface area contributed by atoms with Crippen molar-refractivity contribution in [1.29, 1.82) is 0 Å². The molecule has 0 N–H and O–H groups in total. The Kier molecular flexibility index (Phi) is 6.50. The Hall–Kier alpha value is -0.370. The van der Waals surface area contributed by atoms with Crippen molar-refractivity contribution in [3.63, 3.8) is 0 Å². The second kappa shape index (κ2) is 6.75. The molecule has 0 aliphatic heterocycles. The highest BCUT2D eigenvalue weighted by atomic mass is 16.5. The Balaban J connectivity index is 3.29. The van der Waals surface area contributed by atoms with E-state index in [-0.39, 0.29) is 6.10 Å². The molecule has 0 aromatic heterocycles. The third-order valence-electron chi connectivity index (χ3n) is 1.37. The van der Waals surface area contributed by atoms with E-state index in [0.29, 0.717) is 6.42 Å². The van der Waals surface area contributed by atoms with E-state index < -0.39 is 0 Å². The number of aldehydes is 1. The quantitative estimate of drug-likeness (QED) is 0.531. The van der Waals surface area contributed by atoms with Gasteiger partial charge in [0, 0.05) is 13.0 Å². The third kappa shape index (κ3) is 4.50. The predicted octanol–water partition coefficient (Wildman–Crippen LogP) is 1.78. The van der Waals surface area contributed by atoms with E-state index >= 15 is 0 Å². The van der Waals surface area contributed by atoms with E-state index in [1.54, 1.807) is 0 Å². The third-order valence-corrected chi connectivity index (χ3v) is 1.37. The van der Waals surface area contributed by atoms with Crippen molar-refractivity contribution in [2.45, 2.75) is 39.2 Å². The smallest absolute Gasteiger partial charge is 0.122 e. The molecule has 0 radical (unpaired) electrons. The molecule has 0 fully saturated rings. The first kappa shape index (κ1) is 9.63. The summed E-state index contributed by atoms with van der Waals surface area (Å²) in [5, 5.41) is 0. The van der Waals surface area contributed by atoms with Gasteiger partial charge >= 0.3 is 0 Å². The maximum atomic E-state index is 10.1. The summed E-state index contributed by atoms with van der Waals surface area (Å²) in [5.74, 6) is 0. The molecule has 0 amide bonds. The van der Waals surface area contributed by atoms with Crippen LogP contribution >= 0.6 is 0 Å². The average Bonchev–Trinajstić information content (AvgIpc) is 1.98. The SMILES string of the molecule is CCCOC(CC)CC=O. The molecule has 0 saturated heterocycles. The second-order valence-corrected chi connectivity index (χ2v) is 2.30. The van der Waals surface area contributed by atoms with Gasteiger partial charge in [0.05, 0.1) is 6.10 Å². The Labute approximate surface area is 62.6 Å². The number of carbonyl (C=O) groups excluding carboxylic acids is 1. The van der Waals surface area contributed by atoms with Gasteiger partial charge in [-0.1, -0.05) is 13.8 Å². The molecule has 1 unspecified atom stereocenters. The molecule has 0 heterocycles. The van der Waals surface area contributed by atoms with Crippen LogP contribution in [0.5, 0.6) is 0 Å². The fourth-order valence-electron chi connectivity index (χ4n) is 0.744. The molecular formula is C8H16O2. The Morgan fingerprint density at radius 2 is 2.20 bits per heavy atom. The highest BCUT2D eigenvalue weighted by Crippen LogP contribution is 2.01. The first-order chi connectivity index (χ1) is 4.85. The van der Waals surface area contributed by atoms with Gasteiger partial charge in [-0.05, 0) is 12.8 Å². The zero-order valence-electron chi connectivity index (χ0n) is 6.80. The van der Waals surface area contributed by atoms with Crippen molar-refractivity contribution in [2.75, 3.05) is 6.61 Å². The van der Waals surface area contributed by atoms with Gasteiger partial charge in [-0.2, -0.15) is 0 Å². The van der Waals surface area contributed by atoms with Gasteiger partial charge in [-0.25, -0.2) is 0 Å². The lowest BCUT2D eigenvalue weighted by molar-refractivity contribution is -0.110. The van der Waals surface area contributed by atoms with Crippen LogP contribution in [0.3, 0.4) is 0 Å². The van der Waals surface area contributed by atoms with Gasteiger partial charge in [0.2, 0.25) is 0 Å². The summed E-state index contributed by atoms with van der Waals surface area (Å²) in [6.07, 6.45) is 3.56. The molecule has 1 atom stereocenters. The van der Waals surface area contributed by atoms with E-state index in [0.717, 1.165) is 25.7 Å². The normalized spacial score (nSPS) is 13.0. The summed E-state index contributed by atoms with van der Waals surface area (Å²) in [6.45, 7) is 4.86. The molecule has 2 nitrogen and oxygen atoms in total. The lowest BCUT2D eigenvalue weighted by Crippen LogP contribution is -2.12. The van der Waals surface area contributed by atoms with Crippen molar-refractivity contribution < 1.29 is 9.53 Å². The van der Waals surface area contributed by atoms with Crippen LogP contribution in [0.25, 0.3) is 0 Å². The zero-order chi connectivity index (χ0) is 7.82. The van der Waals surface area contributed by atoms with Crippen LogP contribution in [0, 0.1) is 0 Å². The number of carbonyl (C=O) groups is 1. The lowest BCUT2D eigenvalue weighted by Gasteiger charge is -2.11. The van der Waals surface area contributed by atoms with Gasteiger partial charge in [0.25, 0.3) is 0 Å². The number of hydrogen-bond donors (Lipinski definition) is 0. The van der Waals surface area contributed by atoms with Gasteiger partial charge in [-0.3, -0.25) is 0 Å². The van der Waals surface area contributed by atoms with Crippen molar-refractivity contribution >= 4 is 6.29 Å². The first-order valence-corrected chi connectivity index (χ1v) is 3.90. The minimum absolute atomic E-state index is 0.150. The van der Waals surface area contributed by atoms with Crippen LogP contribution in [0.15, 0.2) is 0 Å². The molecular weight excluding hydrogens is 128 g/mol. The van der Waals surface area contributed by atoms with E-state index in [1.165, 1.54) is 0 Å². The molecule has 0 bridgehead atoms. The monoisotopic (exact) mass is 144 g/mol. The Morgan fingerprint density at radius 3 is 2.60 bits per heavy atom. The molecule has 60 valence electrons. The summed E-state index contributed by atoms with van der Waals surface area (Å²) in [4.78, 5) is 10.1. The number of rotatable bonds is 6. The van der Waals surface area contributed by atoms with Crippen molar-refractivity contribution in [3.05, 3.63) is 0 Å². The minimum atomic E-state index is 0.150. The Morgan fingerprint density at radius 1 is 1.50 bits per heavy atom. The molecule has 0 spiro atoms. The summed E-state index contributed by atoms with van der Waals surface area (Å²) in [5.41, 5.74) is 0. The van der Waals surface area contributed by atoms with Crippen LogP contribution < -0.4 is 0 Å². The van der Waals surface area contributed by atoms with Crippen LogP contribution in [0.1, 0.15) is 33.1 Å². The highest BCUT2D eigenvalue weighted by Gasteiger charge is 2.03. The van der Waals surface area contributed by atoms with E-state index in [4.69, 9.17) is 4.74 Å². The van der Waals surface area contributed by atoms with Crippen LogP contribution in [0.4, 0.5) is 0 Å². The van der Waals surface area contributed by atoms with Gasteiger partial charge < -0.3 is 9.53 Å². The van der Waals surface area contributed by atoms with E-state index in [2.05, 4.69) is 6.92 Å². The van der Waals surface area contributed by atoms with Crippen LogP contribution in [-0.4, -0.2) is 19.0 Å². The lowest BCUT2D eigenvalue weighted by atomic mass is 10.2. The van der Waals surface area contributed by atoms with Gasteiger partial charge in [-0.15, -0.1) is 0 Å². The number of ether oxygens (including phenoxy) is 1. The molecule has 0 aliphatic rings. The van der Waals surface area contributed by atoms with E-state index in [9.17, 15) is 4.79 Å². The summed E-state index contributed by atoms with van der Waals surface area (Å²) in [7, 11) is 0. The fraction of sp³-hybridized carbons (Fsp3) is 0.875.